The Bertz CT molecular complexity index is 1300. The van der Waals surface area contributed by atoms with Gasteiger partial charge in [0, 0.05) is 50.4 Å². The smallest absolute Gasteiger partial charge is 0.253 e. The van der Waals surface area contributed by atoms with E-state index >= 15 is 0 Å². The molecule has 41 heavy (non-hydrogen) atoms. The Morgan fingerprint density at radius 2 is 1.66 bits per heavy atom. The van der Waals surface area contributed by atoms with E-state index in [1.54, 1.807) is 18.2 Å². The molecule has 218 valence electrons. The highest BCUT2D eigenvalue weighted by Gasteiger charge is 2.35. The molecule has 3 atom stereocenters. The Balaban J connectivity index is 1.35. The predicted octanol–water partition coefficient (Wildman–Crippen LogP) is 6.87. The van der Waals surface area contributed by atoms with Crippen LogP contribution in [0.25, 0.3) is 0 Å². The summed E-state index contributed by atoms with van der Waals surface area (Å²) >= 11 is 0. The molecule has 0 aromatic heterocycles. The number of hydrogen-bond acceptors (Lipinski definition) is 4. The van der Waals surface area contributed by atoms with E-state index in [-0.39, 0.29) is 35.6 Å². The van der Waals surface area contributed by atoms with Crippen molar-refractivity contribution in [1.82, 2.24) is 14.7 Å². The summed E-state index contributed by atoms with van der Waals surface area (Å²) in [6.45, 7) is 10.8. The molecule has 0 radical (unpaired) electrons. The van der Waals surface area contributed by atoms with E-state index in [1.165, 1.54) is 18.9 Å². The van der Waals surface area contributed by atoms with E-state index < -0.39 is 0 Å². The maximum absolute atomic E-state index is 13.8. The Kier molecular flexibility index (Phi) is 9.41. The van der Waals surface area contributed by atoms with Crippen molar-refractivity contribution < 1.29 is 14.3 Å². The van der Waals surface area contributed by atoms with Gasteiger partial charge in [0.2, 0.25) is 0 Å². The van der Waals surface area contributed by atoms with Crippen LogP contribution in [0.2, 0.25) is 0 Å². The zero-order valence-electron chi connectivity index (χ0n) is 24.7. The number of piperazine rings is 1. The first kappa shape index (κ1) is 29.3. The second-order valence-corrected chi connectivity index (χ2v) is 12.1. The van der Waals surface area contributed by atoms with Gasteiger partial charge in [0.15, 0.2) is 0 Å². The number of carbonyl (C=O) groups is 1. The van der Waals surface area contributed by atoms with E-state index in [0.29, 0.717) is 6.54 Å². The zero-order valence-corrected chi connectivity index (χ0v) is 24.7. The maximum Gasteiger partial charge on any atom is 0.253 e. The minimum absolute atomic E-state index is 0.0650. The van der Waals surface area contributed by atoms with E-state index in [1.807, 2.05) is 35.2 Å². The first-order valence-electron chi connectivity index (χ1n) is 15.2. The van der Waals surface area contributed by atoms with Gasteiger partial charge < -0.3 is 10.0 Å². The summed E-state index contributed by atoms with van der Waals surface area (Å²) in [4.78, 5) is 20.2. The normalized spacial score (nSPS) is 21.6. The number of hydrogen-bond donors (Lipinski definition) is 1. The number of rotatable bonds is 8. The van der Waals surface area contributed by atoms with E-state index in [9.17, 15) is 14.3 Å². The summed E-state index contributed by atoms with van der Waals surface area (Å²) in [7, 11) is 0. The fourth-order valence-electron chi connectivity index (χ4n) is 6.77. The number of carbonyl (C=O) groups excluding carboxylic acids is 1. The SMILES string of the molecule is CCCC1CCN(C(=O)c2ccc(C(c3cccc(O)c3)N3C[C@@H](C)N(Cc4cccc(F)c4)C[C@@H]3C)cc2)CC1. The van der Waals surface area contributed by atoms with Gasteiger partial charge in [0.1, 0.15) is 11.6 Å². The number of piperidine rings is 1. The number of nitrogens with zero attached hydrogens (tertiary/aromatic N) is 3. The van der Waals surface area contributed by atoms with E-state index in [4.69, 9.17) is 0 Å². The van der Waals surface area contributed by atoms with Crippen molar-refractivity contribution >= 4 is 5.91 Å². The molecule has 5 nitrogen and oxygen atoms in total. The first-order chi connectivity index (χ1) is 19.8. The Morgan fingerprint density at radius 3 is 2.34 bits per heavy atom. The molecule has 0 bridgehead atoms. The van der Waals surface area contributed by atoms with Crippen molar-refractivity contribution in [2.45, 2.75) is 71.1 Å². The molecule has 2 heterocycles. The lowest BCUT2D eigenvalue weighted by Crippen LogP contribution is -2.56. The summed E-state index contributed by atoms with van der Waals surface area (Å²) in [5.74, 6) is 0.909. The van der Waals surface area contributed by atoms with Crippen LogP contribution in [0, 0.1) is 11.7 Å². The van der Waals surface area contributed by atoms with Gasteiger partial charge >= 0.3 is 0 Å². The summed E-state index contributed by atoms with van der Waals surface area (Å²) in [5, 5.41) is 10.4. The summed E-state index contributed by atoms with van der Waals surface area (Å²) in [6, 6.07) is 22.9. The average Bonchev–Trinajstić information content (AvgIpc) is 2.96. The summed E-state index contributed by atoms with van der Waals surface area (Å²) < 4.78 is 13.8. The minimum atomic E-state index is -0.200. The topological polar surface area (TPSA) is 47.0 Å². The van der Waals surface area contributed by atoms with Crippen LogP contribution in [-0.2, 0) is 6.54 Å². The molecule has 1 amide bonds. The highest BCUT2D eigenvalue weighted by molar-refractivity contribution is 5.94. The molecule has 6 heteroatoms. The lowest BCUT2D eigenvalue weighted by atomic mass is 9.91. The molecule has 0 spiro atoms. The van der Waals surface area contributed by atoms with Gasteiger partial charge in [-0.15, -0.1) is 0 Å². The highest BCUT2D eigenvalue weighted by Crippen LogP contribution is 2.35. The minimum Gasteiger partial charge on any atom is -0.508 e. The van der Waals surface area contributed by atoms with Crippen LogP contribution in [0.5, 0.6) is 5.75 Å². The molecule has 2 saturated heterocycles. The van der Waals surface area contributed by atoms with Crippen molar-refractivity contribution in [3.8, 4) is 5.75 Å². The van der Waals surface area contributed by atoms with Crippen LogP contribution < -0.4 is 0 Å². The first-order valence-corrected chi connectivity index (χ1v) is 15.2. The molecule has 3 aromatic rings. The summed E-state index contributed by atoms with van der Waals surface area (Å²) in [6.07, 6.45) is 4.65. The number of amides is 1. The van der Waals surface area contributed by atoms with Crippen molar-refractivity contribution in [1.29, 1.82) is 0 Å². The molecule has 1 unspecified atom stereocenters. The van der Waals surface area contributed by atoms with Gasteiger partial charge in [-0.3, -0.25) is 14.6 Å². The quantitative estimate of drug-likeness (QED) is 0.328. The molecule has 0 aliphatic carbocycles. The maximum atomic E-state index is 13.8. The average molecular weight is 558 g/mol. The molecule has 0 saturated carbocycles. The lowest BCUT2D eigenvalue weighted by Gasteiger charge is -2.47. The second-order valence-electron chi connectivity index (χ2n) is 12.1. The largest absolute Gasteiger partial charge is 0.508 e. The molecule has 1 N–H and O–H groups in total. The second kappa shape index (κ2) is 13.2. The number of phenols is 1. The van der Waals surface area contributed by atoms with Gasteiger partial charge in [-0.1, -0.05) is 56.2 Å². The highest BCUT2D eigenvalue weighted by atomic mass is 19.1. The Hall–Kier alpha value is -3.22. The van der Waals surface area contributed by atoms with Gasteiger partial charge in [-0.2, -0.15) is 0 Å². The standard InChI is InChI=1S/C35H44FN3O2/c1-4-7-27-16-18-37(19-17-27)35(41)30-14-12-29(13-15-30)34(31-9-6-11-33(40)21-31)39-23-25(2)38(22-26(39)3)24-28-8-5-10-32(36)20-28/h5-6,8-15,20-21,25-27,34,40H,4,7,16-19,22-24H2,1-3H3/t25-,26+,34?/m1/s1. The van der Waals surface area contributed by atoms with Gasteiger partial charge in [0.25, 0.3) is 5.91 Å². The van der Waals surface area contributed by atoms with Gasteiger partial charge in [0.05, 0.1) is 6.04 Å². The van der Waals surface area contributed by atoms with Crippen LogP contribution in [0.4, 0.5) is 4.39 Å². The monoisotopic (exact) mass is 557 g/mol. The fourth-order valence-corrected chi connectivity index (χ4v) is 6.77. The Morgan fingerprint density at radius 1 is 0.927 bits per heavy atom. The lowest BCUT2D eigenvalue weighted by molar-refractivity contribution is 0.0194. The molecule has 3 aromatic carbocycles. The van der Waals surface area contributed by atoms with Gasteiger partial charge in [-0.05, 0) is 85.7 Å². The van der Waals surface area contributed by atoms with Crippen LogP contribution in [0.3, 0.4) is 0 Å². The van der Waals surface area contributed by atoms with Crippen LogP contribution >= 0.6 is 0 Å². The fraction of sp³-hybridized carbons (Fsp3) is 0.457. The van der Waals surface area contributed by atoms with Crippen LogP contribution in [-0.4, -0.2) is 64.0 Å². The third-order valence-electron chi connectivity index (χ3n) is 9.03. The zero-order chi connectivity index (χ0) is 28.9. The molecule has 2 aliphatic rings. The number of likely N-dealkylation sites (tertiary alicyclic amines) is 1. The third kappa shape index (κ3) is 6.99. The molecule has 2 fully saturated rings. The number of benzene rings is 3. The van der Waals surface area contributed by atoms with Crippen LogP contribution in [0.1, 0.15) is 79.5 Å². The Labute approximate surface area is 244 Å². The number of aromatic hydroxyl groups is 1. The van der Waals surface area contributed by atoms with Crippen LogP contribution in [0.15, 0.2) is 72.8 Å². The molecular weight excluding hydrogens is 513 g/mol. The predicted molar refractivity (Wildman–Crippen MR) is 162 cm³/mol. The molecule has 2 aliphatic heterocycles. The number of halogens is 1. The van der Waals surface area contributed by atoms with Gasteiger partial charge in [-0.25, -0.2) is 4.39 Å². The third-order valence-corrected chi connectivity index (χ3v) is 9.03. The van der Waals surface area contributed by atoms with E-state index in [2.05, 4.69) is 48.8 Å². The van der Waals surface area contributed by atoms with E-state index in [0.717, 1.165) is 67.2 Å². The van der Waals surface area contributed by atoms with Crippen molar-refractivity contribution in [3.63, 3.8) is 0 Å². The summed E-state index contributed by atoms with van der Waals surface area (Å²) in [5.41, 5.74) is 3.85. The van der Waals surface area contributed by atoms with Crippen molar-refractivity contribution in [3.05, 3.63) is 101 Å². The molecule has 5 rings (SSSR count). The molecular formula is C35H44FN3O2. The number of phenolic OH excluding ortho intramolecular Hbond substituents is 1. The van der Waals surface area contributed by atoms with Crippen molar-refractivity contribution in [2.24, 2.45) is 5.92 Å². The van der Waals surface area contributed by atoms with Crippen molar-refractivity contribution in [2.75, 3.05) is 26.2 Å².